The van der Waals surface area contributed by atoms with Crippen LogP contribution < -0.4 is 10.2 Å². The lowest BCUT2D eigenvalue weighted by molar-refractivity contribution is 0.368. The molecule has 0 atom stereocenters. The van der Waals surface area contributed by atoms with Gasteiger partial charge >= 0.3 is 0 Å². The summed E-state index contributed by atoms with van der Waals surface area (Å²) in [6.45, 7) is 13.9. The van der Waals surface area contributed by atoms with E-state index in [1.807, 2.05) is 6.92 Å². The highest BCUT2D eigenvalue weighted by atomic mass is 16.5. The van der Waals surface area contributed by atoms with E-state index in [1.165, 1.54) is 16.8 Å². The van der Waals surface area contributed by atoms with Crippen molar-refractivity contribution in [2.24, 2.45) is 4.99 Å². The minimum absolute atomic E-state index is 0.688. The molecule has 3 rings (SSSR count). The fourth-order valence-electron chi connectivity index (χ4n) is 3.52. The Hall–Kier alpha value is -2.57. The molecule has 1 aromatic carbocycles. The molecule has 0 radical (unpaired) electrons. The molecule has 0 bridgehead atoms. The van der Waals surface area contributed by atoms with Gasteiger partial charge in [-0.05, 0) is 51.3 Å². The first-order valence-electron chi connectivity index (χ1n) is 10.2. The number of nitrogens with zero attached hydrogens (tertiary/aromatic N) is 5. The number of anilines is 1. The number of hydrogen-bond donors (Lipinski definition) is 1. The Morgan fingerprint density at radius 1 is 1.18 bits per heavy atom. The van der Waals surface area contributed by atoms with Crippen molar-refractivity contribution in [2.45, 2.75) is 40.5 Å². The van der Waals surface area contributed by atoms with Crippen molar-refractivity contribution in [3.05, 3.63) is 41.0 Å². The molecule has 152 valence electrons. The molecular formula is C21H32N6O. The van der Waals surface area contributed by atoms with Crippen LogP contribution in [0.15, 0.2) is 27.7 Å². The Morgan fingerprint density at radius 3 is 2.64 bits per heavy atom. The van der Waals surface area contributed by atoms with Crippen LogP contribution in [0.25, 0.3) is 0 Å². The molecule has 0 unspecified atom stereocenters. The summed E-state index contributed by atoms with van der Waals surface area (Å²) in [5.74, 6) is 2.39. The predicted molar refractivity (Wildman–Crippen MR) is 113 cm³/mol. The molecule has 0 amide bonds. The van der Waals surface area contributed by atoms with Gasteiger partial charge in [-0.25, -0.2) is 0 Å². The van der Waals surface area contributed by atoms with Crippen LogP contribution in [0.3, 0.4) is 0 Å². The Labute approximate surface area is 167 Å². The average molecular weight is 385 g/mol. The Morgan fingerprint density at radius 2 is 1.96 bits per heavy atom. The summed E-state index contributed by atoms with van der Waals surface area (Å²) in [5.41, 5.74) is 4.09. The van der Waals surface area contributed by atoms with E-state index >= 15 is 0 Å². The van der Waals surface area contributed by atoms with Crippen molar-refractivity contribution < 1.29 is 4.52 Å². The predicted octanol–water partition coefficient (Wildman–Crippen LogP) is 2.72. The molecule has 1 aliphatic heterocycles. The second-order valence-electron chi connectivity index (χ2n) is 7.27. The maximum atomic E-state index is 5.17. The van der Waals surface area contributed by atoms with Crippen LogP contribution in [0.5, 0.6) is 0 Å². The van der Waals surface area contributed by atoms with Crippen LogP contribution in [0, 0.1) is 20.8 Å². The molecule has 28 heavy (non-hydrogen) atoms. The lowest BCUT2D eigenvalue weighted by Crippen LogP contribution is -2.52. The molecule has 7 heteroatoms. The first-order valence-corrected chi connectivity index (χ1v) is 10.2. The van der Waals surface area contributed by atoms with Crippen LogP contribution >= 0.6 is 0 Å². The highest BCUT2D eigenvalue weighted by Gasteiger charge is 2.21. The van der Waals surface area contributed by atoms with Gasteiger partial charge in [-0.2, -0.15) is 4.98 Å². The van der Waals surface area contributed by atoms with Crippen molar-refractivity contribution >= 4 is 11.6 Å². The molecule has 1 aliphatic rings. The second-order valence-corrected chi connectivity index (χ2v) is 7.27. The van der Waals surface area contributed by atoms with Crippen LogP contribution in [0.4, 0.5) is 5.69 Å². The number of guanidine groups is 1. The lowest BCUT2D eigenvalue weighted by Gasteiger charge is -2.38. The number of hydrogen-bond acceptors (Lipinski definition) is 5. The summed E-state index contributed by atoms with van der Waals surface area (Å²) in [4.78, 5) is 13.9. The number of aromatic nitrogens is 2. The highest BCUT2D eigenvalue weighted by molar-refractivity contribution is 5.80. The molecular weight excluding hydrogens is 352 g/mol. The number of aliphatic imine (C=N–C) groups is 1. The van der Waals surface area contributed by atoms with Gasteiger partial charge in [0.05, 0.1) is 0 Å². The van der Waals surface area contributed by atoms with Gasteiger partial charge in [0.2, 0.25) is 5.89 Å². The standard InChI is InChI=1S/C21H32N6O/c1-5-22-21(23-11-7-10-20-24-18(4)25-28-20)27-14-12-26(13-15-27)19-9-6-8-16(2)17(19)3/h6,8-9H,5,7,10-15H2,1-4H3,(H,22,23). The van der Waals surface area contributed by atoms with Gasteiger partial charge in [0.15, 0.2) is 11.8 Å². The summed E-state index contributed by atoms with van der Waals surface area (Å²) in [6, 6.07) is 6.57. The van der Waals surface area contributed by atoms with Crippen molar-refractivity contribution in [3.63, 3.8) is 0 Å². The van der Waals surface area contributed by atoms with E-state index in [-0.39, 0.29) is 0 Å². The molecule has 1 N–H and O–H groups in total. The summed E-state index contributed by atoms with van der Waals surface area (Å²) < 4.78 is 5.17. The SMILES string of the molecule is CCNC(=NCCCc1nc(C)no1)N1CCN(c2cccc(C)c2C)CC1. The number of benzene rings is 1. The average Bonchev–Trinajstić information content (AvgIpc) is 3.12. The van der Waals surface area contributed by atoms with Crippen LogP contribution in [0.1, 0.15) is 36.2 Å². The Bertz CT molecular complexity index is 792. The summed E-state index contributed by atoms with van der Waals surface area (Å²) in [7, 11) is 0. The van der Waals surface area contributed by atoms with E-state index in [2.05, 4.69) is 64.2 Å². The van der Waals surface area contributed by atoms with E-state index in [4.69, 9.17) is 9.52 Å². The van der Waals surface area contributed by atoms with Crippen LogP contribution in [-0.2, 0) is 6.42 Å². The number of piperazine rings is 1. The lowest BCUT2D eigenvalue weighted by atomic mass is 10.1. The van der Waals surface area contributed by atoms with Gasteiger partial charge in [-0.3, -0.25) is 4.99 Å². The Balaban J connectivity index is 1.54. The molecule has 1 saturated heterocycles. The quantitative estimate of drug-likeness (QED) is 0.469. The largest absolute Gasteiger partial charge is 0.368 e. The van der Waals surface area contributed by atoms with Gasteiger partial charge < -0.3 is 19.6 Å². The van der Waals surface area contributed by atoms with Crippen LogP contribution in [-0.4, -0.2) is 60.3 Å². The maximum absolute atomic E-state index is 5.17. The molecule has 0 spiro atoms. The number of nitrogens with one attached hydrogen (secondary N) is 1. The fraction of sp³-hybridized carbons (Fsp3) is 0.571. The Kier molecular flexibility index (Phi) is 6.90. The summed E-state index contributed by atoms with van der Waals surface area (Å²) in [6.07, 6.45) is 1.67. The molecule has 0 saturated carbocycles. The molecule has 2 aromatic rings. The first kappa shape index (κ1) is 20.2. The van der Waals surface area contributed by atoms with Crippen LogP contribution in [0.2, 0.25) is 0 Å². The van der Waals surface area contributed by atoms with Crippen molar-refractivity contribution in [3.8, 4) is 0 Å². The van der Waals surface area contributed by atoms with E-state index in [1.54, 1.807) is 0 Å². The monoisotopic (exact) mass is 384 g/mol. The molecule has 0 aliphatic carbocycles. The van der Waals surface area contributed by atoms with E-state index in [0.29, 0.717) is 11.7 Å². The van der Waals surface area contributed by atoms with E-state index in [0.717, 1.165) is 58.1 Å². The fourth-order valence-corrected chi connectivity index (χ4v) is 3.52. The molecule has 2 heterocycles. The third kappa shape index (κ3) is 5.03. The zero-order chi connectivity index (χ0) is 19.9. The topological polar surface area (TPSA) is 69.8 Å². The third-order valence-electron chi connectivity index (χ3n) is 5.21. The maximum Gasteiger partial charge on any atom is 0.226 e. The van der Waals surface area contributed by atoms with Gasteiger partial charge in [0.25, 0.3) is 0 Å². The third-order valence-corrected chi connectivity index (χ3v) is 5.21. The van der Waals surface area contributed by atoms with Gasteiger partial charge in [0.1, 0.15) is 0 Å². The zero-order valence-electron chi connectivity index (χ0n) is 17.5. The first-order chi connectivity index (χ1) is 13.6. The highest BCUT2D eigenvalue weighted by Crippen LogP contribution is 2.23. The molecule has 1 aromatic heterocycles. The minimum atomic E-state index is 0.688. The van der Waals surface area contributed by atoms with Crippen molar-refractivity contribution in [2.75, 3.05) is 44.2 Å². The minimum Gasteiger partial charge on any atom is -0.368 e. The van der Waals surface area contributed by atoms with Crippen molar-refractivity contribution in [1.82, 2.24) is 20.4 Å². The second kappa shape index (κ2) is 9.57. The van der Waals surface area contributed by atoms with Gasteiger partial charge in [0, 0.05) is 51.4 Å². The summed E-state index contributed by atoms with van der Waals surface area (Å²) in [5, 5.41) is 7.27. The smallest absolute Gasteiger partial charge is 0.226 e. The zero-order valence-corrected chi connectivity index (χ0v) is 17.5. The molecule has 1 fully saturated rings. The van der Waals surface area contributed by atoms with E-state index in [9.17, 15) is 0 Å². The van der Waals surface area contributed by atoms with Gasteiger partial charge in [-0.1, -0.05) is 17.3 Å². The molecule has 7 nitrogen and oxygen atoms in total. The summed E-state index contributed by atoms with van der Waals surface area (Å²) >= 11 is 0. The number of rotatable bonds is 6. The number of aryl methyl sites for hydroxylation is 3. The normalized spacial score (nSPS) is 15.2. The van der Waals surface area contributed by atoms with Gasteiger partial charge in [-0.15, -0.1) is 0 Å². The van der Waals surface area contributed by atoms with Crippen molar-refractivity contribution in [1.29, 1.82) is 0 Å². The van der Waals surface area contributed by atoms with E-state index < -0.39 is 0 Å².